The van der Waals surface area contributed by atoms with Gasteiger partial charge in [-0.05, 0) is 30.9 Å². The van der Waals surface area contributed by atoms with E-state index in [1.165, 1.54) is 12.1 Å². The molecule has 0 spiro atoms. The summed E-state index contributed by atoms with van der Waals surface area (Å²) in [7, 11) is 0. The van der Waals surface area contributed by atoms with Crippen molar-refractivity contribution in [1.29, 1.82) is 0 Å². The zero-order chi connectivity index (χ0) is 18.0. The molecule has 2 aliphatic rings. The highest BCUT2D eigenvalue weighted by atomic mass is 19.4. The Morgan fingerprint density at radius 1 is 1.24 bits per heavy atom. The number of aliphatic hydroxyl groups is 1. The van der Waals surface area contributed by atoms with E-state index in [9.17, 15) is 23.1 Å². The van der Waals surface area contributed by atoms with Gasteiger partial charge in [0.25, 0.3) is 0 Å². The molecule has 1 saturated heterocycles. The molecule has 2 fully saturated rings. The van der Waals surface area contributed by atoms with Crippen molar-refractivity contribution in [2.75, 3.05) is 13.1 Å². The average Bonchev–Trinajstić information content (AvgIpc) is 3.16. The Balaban J connectivity index is 1.75. The fourth-order valence-electron chi connectivity index (χ4n) is 3.95. The second-order valence-corrected chi connectivity index (χ2v) is 6.97. The lowest BCUT2D eigenvalue weighted by atomic mass is 9.97. The molecule has 0 aromatic heterocycles. The lowest BCUT2D eigenvalue weighted by molar-refractivity contribution is -0.138. The summed E-state index contributed by atoms with van der Waals surface area (Å²) in [5.41, 5.74) is -0.574. The van der Waals surface area contributed by atoms with Gasteiger partial charge >= 0.3 is 6.18 Å². The highest BCUT2D eigenvalue weighted by Crippen LogP contribution is 2.40. The van der Waals surface area contributed by atoms with E-state index >= 15 is 0 Å². The molecule has 1 aromatic carbocycles. The van der Waals surface area contributed by atoms with Gasteiger partial charge in [-0.1, -0.05) is 31.0 Å². The molecule has 0 bridgehead atoms. The van der Waals surface area contributed by atoms with Crippen LogP contribution in [0.2, 0.25) is 0 Å². The van der Waals surface area contributed by atoms with Gasteiger partial charge in [0.2, 0.25) is 5.91 Å². The molecule has 1 saturated carbocycles. The lowest BCUT2D eigenvalue weighted by Crippen LogP contribution is -2.41. The third kappa shape index (κ3) is 4.33. The summed E-state index contributed by atoms with van der Waals surface area (Å²) in [4.78, 5) is 13.9. The summed E-state index contributed by atoms with van der Waals surface area (Å²) in [6, 6.07) is 4.97. The highest BCUT2D eigenvalue weighted by Gasteiger charge is 2.40. The number of aliphatic hydroxyl groups excluding tert-OH is 1. The predicted molar refractivity (Wildman–Crippen MR) is 86.8 cm³/mol. The maximum Gasteiger partial charge on any atom is 0.416 e. The van der Waals surface area contributed by atoms with Gasteiger partial charge < -0.3 is 10.4 Å². The number of carbonyl (C=O) groups excluding carboxylic acids is 1. The Labute approximate surface area is 145 Å². The van der Waals surface area contributed by atoms with Gasteiger partial charge in [-0.3, -0.25) is 9.69 Å². The van der Waals surface area contributed by atoms with E-state index in [0.717, 1.165) is 31.7 Å². The molecule has 138 valence electrons. The Hall–Kier alpha value is -1.60. The number of halogens is 3. The number of alkyl halides is 3. The summed E-state index contributed by atoms with van der Waals surface area (Å²) in [6.45, 7) is 0.208. The monoisotopic (exact) mass is 356 g/mol. The number of nitrogens with one attached hydrogen (secondary N) is 1. The molecule has 1 aromatic rings. The van der Waals surface area contributed by atoms with Crippen molar-refractivity contribution in [2.24, 2.45) is 0 Å². The van der Waals surface area contributed by atoms with Crippen LogP contribution < -0.4 is 5.32 Å². The van der Waals surface area contributed by atoms with Gasteiger partial charge in [-0.2, -0.15) is 13.2 Å². The topological polar surface area (TPSA) is 52.6 Å². The zero-order valence-corrected chi connectivity index (χ0v) is 13.9. The first-order valence-electron chi connectivity index (χ1n) is 8.72. The molecule has 1 heterocycles. The first-order chi connectivity index (χ1) is 11.8. The van der Waals surface area contributed by atoms with E-state index < -0.39 is 23.9 Å². The van der Waals surface area contributed by atoms with E-state index in [1.54, 1.807) is 11.0 Å². The molecule has 1 aliphatic heterocycles. The Morgan fingerprint density at radius 2 is 1.92 bits per heavy atom. The molecular weight excluding hydrogens is 333 g/mol. The second-order valence-electron chi connectivity index (χ2n) is 6.97. The lowest BCUT2D eigenvalue weighted by Gasteiger charge is -2.27. The number of nitrogens with zero attached hydrogens (tertiary/aromatic N) is 1. The molecular formula is C18H23F3N2O2. The van der Waals surface area contributed by atoms with E-state index in [1.807, 2.05) is 0 Å². The number of likely N-dealkylation sites (tertiary alicyclic amines) is 1. The number of β-amino-alcohol motifs (C(OH)–C–C–N with tert-alkyl or cyclic N) is 1. The molecule has 1 amide bonds. The van der Waals surface area contributed by atoms with Gasteiger partial charge in [0, 0.05) is 18.6 Å². The Kier molecular flexibility index (Phi) is 5.34. The van der Waals surface area contributed by atoms with Crippen LogP contribution in [0.5, 0.6) is 0 Å². The minimum atomic E-state index is -4.46. The van der Waals surface area contributed by atoms with Crippen molar-refractivity contribution in [3.8, 4) is 0 Å². The van der Waals surface area contributed by atoms with Crippen molar-refractivity contribution >= 4 is 5.91 Å². The van der Waals surface area contributed by atoms with Crippen molar-refractivity contribution in [2.45, 2.75) is 56.5 Å². The van der Waals surface area contributed by atoms with E-state index in [2.05, 4.69) is 5.32 Å². The number of benzene rings is 1. The van der Waals surface area contributed by atoms with Crippen LogP contribution in [-0.4, -0.2) is 41.1 Å². The zero-order valence-electron chi connectivity index (χ0n) is 13.9. The maximum absolute atomic E-state index is 13.3. The van der Waals surface area contributed by atoms with E-state index in [0.29, 0.717) is 0 Å². The molecule has 4 nitrogen and oxygen atoms in total. The van der Waals surface area contributed by atoms with Crippen molar-refractivity contribution in [3.63, 3.8) is 0 Å². The van der Waals surface area contributed by atoms with Crippen LogP contribution in [0.4, 0.5) is 13.2 Å². The van der Waals surface area contributed by atoms with Crippen molar-refractivity contribution in [3.05, 3.63) is 35.4 Å². The first-order valence-corrected chi connectivity index (χ1v) is 8.72. The van der Waals surface area contributed by atoms with Crippen molar-refractivity contribution in [1.82, 2.24) is 10.2 Å². The Morgan fingerprint density at radius 3 is 2.60 bits per heavy atom. The first kappa shape index (κ1) is 18.2. The number of amides is 1. The number of hydrogen-bond donors (Lipinski definition) is 2. The molecule has 3 rings (SSSR count). The minimum Gasteiger partial charge on any atom is -0.392 e. The number of carbonyl (C=O) groups is 1. The Bertz CT molecular complexity index is 615. The quantitative estimate of drug-likeness (QED) is 0.872. The third-order valence-corrected chi connectivity index (χ3v) is 5.07. The van der Waals surface area contributed by atoms with Crippen LogP contribution in [0.15, 0.2) is 24.3 Å². The van der Waals surface area contributed by atoms with Gasteiger partial charge in [0.1, 0.15) is 0 Å². The normalized spacial score (nSPS) is 25.4. The van der Waals surface area contributed by atoms with Crippen LogP contribution in [-0.2, 0) is 11.0 Å². The maximum atomic E-state index is 13.3. The van der Waals surface area contributed by atoms with Crippen LogP contribution in [0.3, 0.4) is 0 Å². The molecule has 2 atom stereocenters. The average molecular weight is 356 g/mol. The van der Waals surface area contributed by atoms with Gasteiger partial charge in [0.05, 0.1) is 18.2 Å². The van der Waals surface area contributed by atoms with E-state index in [4.69, 9.17) is 0 Å². The van der Waals surface area contributed by atoms with Crippen LogP contribution >= 0.6 is 0 Å². The molecule has 0 unspecified atom stereocenters. The molecule has 7 heteroatoms. The van der Waals surface area contributed by atoms with Crippen molar-refractivity contribution < 1.29 is 23.1 Å². The summed E-state index contributed by atoms with van der Waals surface area (Å²) >= 11 is 0. The number of hydrogen-bond acceptors (Lipinski definition) is 3. The van der Waals surface area contributed by atoms with Crippen LogP contribution in [0, 0.1) is 0 Å². The van der Waals surface area contributed by atoms with Gasteiger partial charge in [-0.25, -0.2) is 0 Å². The fraction of sp³-hybridized carbons (Fsp3) is 0.611. The summed E-state index contributed by atoms with van der Waals surface area (Å²) in [5.74, 6) is -0.185. The summed E-state index contributed by atoms with van der Waals surface area (Å²) in [5, 5.41) is 12.9. The highest BCUT2D eigenvalue weighted by molar-refractivity contribution is 5.78. The van der Waals surface area contributed by atoms with Crippen LogP contribution in [0.1, 0.15) is 49.3 Å². The smallest absolute Gasteiger partial charge is 0.392 e. The standard InChI is InChI=1S/C18H23F3N2O2/c19-18(20,21)15-8-4-3-7-14(15)16-9-13(24)10-23(16)11-17(25)22-12-5-1-2-6-12/h3-4,7-8,12-13,16,24H,1-2,5-6,9-11H2,(H,22,25)/t13-,16+/m0/s1. The molecule has 25 heavy (non-hydrogen) atoms. The fourth-order valence-corrected chi connectivity index (χ4v) is 3.95. The largest absolute Gasteiger partial charge is 0.416 e. The van der Waals surface area contributed by atoms with Gasteiger partial charge in [0.15, 0.2) is 0 Å². The van der Waals surface area contributed by atoms with Gasteiger partial charge in [-0.15, -0.1) is 0 Å². The summed E-state index contributed by atoms with van der Waals surface area (Å²) in [6.07, 6.45) is -0.899. The number of rotatable bonds is 4. The molecule has 0 radical (unpaired) electrons. The van der Waals surface area contributed by atoms with Crippen LogP contribution in [0.25, 0.3) is 0 Å². The minimum absolute atomic E-state index is 0.00438. The second kappa shape index (κ2) is 7.33. The predicted octanol–water partition coefficient (Wildman–Crippen LogP) is 2.87. The SMILES string of the molecule is O=C(CN1C[C@@H](O)C[C@@H]1c1ccccc1C(F)(F)F)NC1CCCC1. The molecule has 2 N–H and O–H groups in total. The molecule has 1 aliphatic carbocycles. The van der Waals surface area contributed by atoms with E-state index in [-0.39, 0.29) is 37.0 Å². The summed E-state index contributed by atoms with van der Waals surface area (Å²) < 4.78 is 39.9. The third-order valence-electron chi connectivity index (χ3n) is 5.07.